The minimum Gasteiger partial charge on any atom is -0.274 e. The van der Waals surface area contributed by atoms with Gasteiger partial charge in [-0.25, -0.2) is 9.80 Å². The highest BCUT2D eigenvalue weighted by Gasteiger charge is 2.50. The average molecular weight is 411 g/mol. The number of carbonyl (C=O) groups is 4. The van der Waals surface area contributed by atoms with E-state index < -0.39 is 0 Å². The summed E-state index contributed by atoms with van der Waals surface area (Å²) in [7, 11) is 0. The summed E-state index contributed by atoms with van der Waals surface area (Å²) < 4.78 is 0. The molecule has 7 heteroatoms. The van der Waals surface area contributed by atoms with Gasteiger partial charge in [0.2, 0.25) is 23.6 Å². The van der Waals surface area contributed by atoms with Gasteiger partial charge in [-0.15, -0.1) is 0 Å². The van der Waals surface area contributed by atoms with Crippen molar-refractivity contribution in [1.29, 1.82) is 0 Å². The van der Waals surface area contributed by atoms with E-state index in [0.29, 0.717) is 37.1 Å². The number of halogens is 1. The van der Waals surface area contributed by atoms with Crippen molar-refractivity contribution in [3.63, 3.8) is 0 Å². The van der Waals surface area contributed by atoms with E-state index >= 15 is 0 Å². The van der Waals surface area contributed by atoms with Gasteiger partial charge in [0.25, 0.3) is 0 Å². The largest absolute Gasteiger partial charge is 0.274 e. The average Bonchev–Trinajstić information content (AvgIpc) is 3.14. The maximum atomic E-state index is 12.8. The van der Waals surface area contributed by atoms with E-state index in [-0.39, 0.29) is 52.3 Å². The molecule has 4 amide bonds. The second kappa shape index (κ2) is 6.66. The van der Waals surface area contributed by atoms with E-state index in [9.17, 15) is 19.2 Å². The third-order valence-corrected chi connectivity index (χ3v) is 6.75. The molecule has 2 aliphatic carbocycles. The molecule has 4 aliphatic rings. The fraction of sp³-hybridized carbons (Fsp3) is 0.364. The predicted molar refractivity (Wildman–Crippen MR) is 107 cm³/mol. The van der Waals surface area contributed by atoms with Gasteiger partial charge in [0.15, 0.2) is 0 Å². The van der Waals surface area contributed by atoms with Gasteiger partial charge in [-0.1, -0.05) is 35.9 Å². The topological polar surface area (TPSA) is 74.8 Å². The number of rotatable bonds is 2. The van der Waals surface area contributed by atoms with Crippen molar-refractivity contribution in [2.24, 2.45) is 23.7 Å². The van der Waals surface area contributed by atoms with E-state index in [1.165, 1.54) is 11.0 Å². The maximum Gasteiger partial charge on any atom is 0.238 e. The number of amides is 4. The highest BCUT2D eigenvalue weighted by Crippen LogP contribution is 2.43. The van der Waals surface area contributed by atoms with Crippen molar-refractivity contribution in [2.75, 3.05) is 9.80 Å². The first kappa shape index (κ1) is 18.3. The van der Waals surface area contributed by atoms with Crippen LogP contribution in [0.5, 0.6) is 0 Å². The molecule has 0 spiro atoms. The molecule has 0 bridgehead atoms. The molecular weight excluding hydrogens is 392 g/mol. The second-order valence-corrected chi connectivity index (χ2v) is 8.38. The number of allylic oxidation sites excluding steroid dienone is 4. The molecule has 5 rings (SSSR count). The number of nitrogens with zero attached hydrogens (tertiary/aromatic N) is 2. The number of hydrogen-bond acceptors (Lipinski definition) is 4. The van der Waals surface area contributed by atoms with Crippen LogP contribution in [0.25, 0.3) is 0 Å². The first-order chi connectivity index (χ1) is 14.0. The lowest BCUT2D eigenvalue weighted by atomic mass is 9.85. The molecule has 0 N–H and O–H groups in total. The summed E-state index contributed by atoms with van der Waals surface area (Å²) in [6.45, 7) is 0. The van der Waals surface area contributed by atoms with Crippen LogP contribution >= 0.6 is 11.6 Å². The number of carbonyl (C=O) groups excluding carboxylic acids is 4. The molecule has 0 unspecified atom stereocenters. The quantitative estimate of drug-likeness (QED) is 0.554. The van der Waals surface area contributed by atoms with Gasteiger partial charge < -0.3 is 0 Å². The standard InChI is InChI=1S/C22H19ClN2O4/c23-17-11-12(24-19(26)13-5-1-2-6-14(13)20(24)27)9-10-18(17)25-21(28)15-7-3-4-8-16(15)22(25)29/h1-4,9-11,13-16H,5-8H2/t13-,14+,15-,16-/m1/s1. The SMILES string of the molecule is O=C1[C@H]2CC=CC[C@H]2C(=O)N1c1ccc(N2C(=O)[C@@H]3CC=CC[C@H]3C2=O)c(Cl)c1. The Hall–Kier alpha value is -2.73. The fourth-order valence-corrected chi connectivity index (χ4v) is 5.17. The van der Waals surface area contributed by atoms with Gasteiger partial charge >= 0.3 is 0 Å². The number of imide groups is 2. The molecule has 0 aromatic heterocycles. The van der Waals surface area contributed by atoms with Crippen molar-refractivity contribution < 1.29 is 19.2 Å². The summed E-state index contributed by atoms with van der Waals surface area (Å²) in [4.78, 5) is 53.5. The Bertz CT molecular complexity index is 962. The van der Waals surface area contributed by atoms with Crippen molar-refractivity contribution in [3.8, 4) is 0 Å². The number of anilines is 2. The lowest BCUT2D eigenvalue weighted by Crippen LogP contribution is -2.32. The molecule has 2 fully saturated rings. The maximum absolute atomic E-state index is 12.8. The summed E-state index contributed by atoms with van der Waals surface area (Å²) in [6.07, 6.45) is 9.95. The Morgan fingerprint density at radius 2 is 1.07 bits per heavy atom. The lowest BCUT2D eigenvalue weighted by molar-refractivity contribution is -0.124. The van der Waals surface area contributed by atoms with Crippen LogP contribution in [0.2, 0.25) is 5.02 Å². The van der Waals surface area contributed by atoms with Crippen molar-refractivity contribution in [2.45, 2.75) is 25.7 Å². The molecule has 4 atom stereocenters. The first-order valence-corrected chi connectivity index (χ1v) is 10.2. The predicted octanol–water partition coefficient (Wildman–Crippen LogP) is 3.25. The van der Waals surface area contributed by atoms with Crippen LogP contribution in [0, 0.1) is 23.7 Å². The minimum absolute atomic E-state index is 0.171. The zero-order valence-electron chi connectivity index (χ0n) is 15.6. The molecule has 29 heavy (non-hydrogen) atoms. The van der Waals surface area contributed by atoms with E-state index in [4.69, 9.17) is 11.6 Å². The van der Waals surface area contributed by atoms with Crippen molar-refractivity contribution in [1.82, 2.24) is 0 Å². The van der Waals surface area contributed by atoms with Crippen molar-refractivity contribution >= 4 is 46.6 Å². The van der Waals surface area contributed by atoms with Gasteiger partial charge in [-0.05, 0) is 43.9 Å². The van der Waals surface area contributed by atoms with Gasteiger partial charge in [0.1, 0.15) is 0 Å². The van der Waals surface area contributed by atoms with Crippen LogP contribution in [0.1, 0.15) is 25.7 Å². The third kappa shape index (κ3) is 2.62. The molecule has 2 aliphatic heterocycles. The summed E-state index contributed by atoms with van der Waals surface area (Å²) in [5, 5.41) is 0.171. The number of hydrogen-bond donors (Lipinski definition) is 0. The Balaban J connectivity index is 1.46. The van der Waals surface area contributed by atoms with E-state index in [1.807, 2.05) is 24.3 Å². The fourth-order valence-electron chi connectivity index (χ4n) is 4.91. The zero-order chi connectivity index (χ0) is 20.3. The molecule has 2 saturated heterocycles. The molecule has 2 heterocycles. The Morgan fingerprint density at radius 1 is 0.655 bits per heavy atom. The highest BCUT2D eigenvalue weighted by atomic mass is 35.5. The molecule has 0 radical (unpaired) electrons. The summed E-state index contributed by atoms with van der Waals surface area (Å²) in [5.41, 5.74) is 0.680. The van der Waals surface area contributed by atoms with Gasteiger partial charge in [-0.3, -0.25) is 19.2 Å². The molecule has 0 saturated carbocycles. The Morgan fingerprint density at radius 3 is 1.48 bits per heavy atom. The van der Waals surface area contributed by atoms with Gasteiger partial charge in [-0.2, -0.15) is 0 Å². The van der Waals surface area contributed by atoms with Crippen LogP contribution in [0.3, 0.4) is 0 Å². The smallest absolute Gasteiger partial charge is 0.238 e. The van der Waals surface area contributed by atoms with E-state index in [2.05, 4.69) is 0 Å². The third-order valence-electron chi connectivity index (χ3n) is 6.45. The van der Waals surface area contributed by atoms with E-state index in [1.54, 1.807) is 12.1 Å². The van der Waals surface area contributed by atoms with E-state index in [0.717, 1.165) is 4.90 Å². The Kier molecular flexibility index (Phi) is 4.21. The zero-order valence-corrected chi connectivity index (χ0v) is 16.3. The Labute approximate surface area is 172 Å². The summed E-state index contributed by atoms with van der Waals surface area (Å²) in [6, 6.07) is 4.64. The molecular formula is C22H19ClN2O4. The number of fused-ring (bicyclic) bond motifs is 2. The molecule has 6 nitrogen and oxygen atoms in total. The van der Waals surface area contributed by atoms with Crippen LogP contribution in [0.4, 0.5) is 11.4 Å². The van der Waals surface area contributed by atoms with Crippen LogP contribution in [0.15, 0.2) is 42.5 Å². The number of benzene rings is 1. The van der Waals surface area contributed by atoms with Crippen LogP contribution in [-0.4, -0.2) is 23.6 Å². The normalized spacial score (nSPS) is 30.9. The summed E-state index contributed by atoms with van der Waals surface area (Å²) >= 11 is 6.44. The molecule has 148 valence electrons. The van der Waals surface area contributed by atoms with Crippen molar-refractivity contribution in [3.05, 3.63) is 47.5 Å². The van der Waals surface area contributed by atoms with Gasteiger partial charge in [0, 0.05) is 0 Å². The van der Waals surface area contributed by atoms with Crippen LogP contribution in [-0.2, 0) is 19.2 Å². The van der Waals surface area contributed by atoms with Crippen LogP contribution < -0.4 is 9.80 Å². The monoisotopic (exact) mass is 410 g/mol. The molecule has 1 aromatic rings. The minimum atomic E-state index is -0.347. The molecule has 1 aromatic carbocycles. The van der Waals surface area contributed by atoms with Gasteiger partial charge in [0.05, 0.1) is 40.1 Å². The first-order valence-electron chi connectivity index (χ1n) is 9.84. The summed E-state index contributed by atoms with van der Waals surface area (Å²) in [5.74, 6) is -2.29. The highest BCUT2D eigenvalue weighted by molar-refractivity contribution is 6.36. The lowest BCUT2D eigenvalue weighted by Gasteiger charge is -2.20. The second-order valence-electron chi connectivity index (χ2n) is 7.97.